The summed E-state index contributed by atoms with van der Waals surface area (Å²) in [5.41, 5.74) is 1.12. The third kappa shape index (κ3) is 5.19. The molecule has 4 nitrogen and oxygen atoms in total. The standard InChI is InChI=1S/C16H13ClFNO3S/c1-10(22-15(20)5-2-11-6-7-23-9-11)16(21)19-14-4-3-12(18)8-13(14)17/h2-10H,1H3,(H,19,21)/b5-2+/t10-/m1/s1. The van der Waals surface area contributed by atoms with Gasteiger partial charge in [-0.2, -0.15) is 11.3 Å². The number of thiophene rings is 1. The van der Waals surface area contributed by atoms with E-state index in [1.54, 1.807) is 6.08 Å². The van der Waals surface area contributed by atoms with Gasteiger partial charge in [0.05, 0.1) is 10.7 Å². The number of benzene rings is 1. The number of hydrogen-bond donors (Lipinski definition) is 1. The second kappa shape index (κ2) is 7.89. The molecule has 0 aliphatic heterocycles. The monoisotopic (exact) mass is 353 g/mol. The summed E-state index contributed by atoms with van der Waals surface area (Å²) < 4.78 is 17.9. The predicted octanol–water partition coefficient (Wildman–Crippen LogP) is 4.12. The molecule has 0 fully saturated rings. The molecule has 7 heteroatoms. The van der Waals surface area contributed by atoms with E-state index >= 15 is 0 Å². The van der Waals surface area contributed by atoms with Crippen LogP contribution in [-0.2, 0) is 14.3 Å². The first kappa shape index (κ1) is 17.2. The number of halogens is 2. The first-order chi connectivity index (χ1) is 11.0. The van der Waals surface area contributed by atoms with E-state index in [0.717, 1.165) is 11.6 Å². The van der Waals surface area contributed by atoms with Crippen LogP contribution < -0.4 is 5.32 Å². The molecule has 1 amide bonds. The molecule has 0 saturated carbocycles. The number of nitrogens with one attached hydrogen (secondary N) is 1. The molecule has 1 heterocycles. The Labute approximate surface area is 141 Å². The molecule has 1 aromatic heterocycles. The highest BCUT2D eigenvalue weighted by Gasteiger charge is 2.17. The van der Waals surface area contributed by atoms with Crippen LogP contribution in [0.25, 0.3) is 6.08 Å². The highest BCUT2D eigenvalue weighted by atomic mass is 35.5. The van der Waals surface area contributed by atoms with Gasteiger partial charge in [-0.05, 0) is 53.6 Å². The third-order valence-corrected chi connectivity index (χ3v) is 3.82. The molecule has 0 spiro atoms. The highest BCUT2D eigenvalue weighted by molar-refractivity contribution is 7.08. The lowest BCUT2D eigenvalue weighted by atomic mass is 10.3. The topological polar surface area (TPSA) is 55.4 Å². The quantitative estimate of drug-likeness (QED) is 0.649. The van der Waals surface area contributed by atoms with Crippen LogP contribution >= 0.6 is 22.9 Å². The first-order valence-corrected chi connectivity index (χ1v) is 7.94. The van der Waals surface area contributed by atoms with Gasteiger partial charge < -0.3 is 10.1 Å². The molecule has 0 radical (unpaired) electrons. The number of hydrogen-bond acceptors (Lipinski definition) is 4. The van der Waals surface area contributed by atoms with Crippen molar-refractivity contribution in [1.82, 2.24) is 0 Å². The van der Waals surface area contributed by atoms with Gasteiger partial charge in [-0.15, -0.1) is 0 Å². The Morgan fingerprint density at radius 3 is 2.83 bits per heavy atom. The molecule has 0 aliphatic rings. The van der Waals surface area contributed by atoms with Crippen LogP contribution in [0.3, 0.4) is 0 Å². The van der Waals surface area contributed by atoms with Crippen molar-refractivity contribution in [1.29, 1.82) is 0 Å². The lowest BCUT2D eigenvalue weighted by Gasteiger charge is -2.13. The summed E-state index contributed by atoms with van der Waals surface area (Å²) in [6, 6.07) is 5.43. The lowest BCUT2D eigenvalue weighted by Crippen LogP contribution is -2.29. The van der Waals surface area contributed by atoms with Crippen LogP contribution in [0.15, 0.2) is 41.1 Å². The normalized spacial score (nSPS) is 12.1. The van der Waals surface area contributed by atoms with Crippen LogP contribution in [0.4, 0.5) is 10.1 Å². The fourth-order valence-corrected chi connectivity index (χ4v) is 2.47. The zero-order chi connectivity index (χ0) is 16.8. The van der Waals surface area contributed by atoms with Crippen LogP contribution in [0.5, 0.6) is 0 Å². The predicted molar refractivity (Wildman–Crippen MR) is 88.9 cm³/mol. The molecule has 2 rings (SSSR count). The van der Waals surface area contributed by atoms with E-state index in [1.165, 1.54) is 36.5 Å². The molecular weight excluding hydrogens is 341 g/mol. The molecule has 23 heavy (non-hydrogen) atoms. The Morgan fingerprint density at radius 1 is 1.39 bits per heavy atom. The maximum absolute atomic E-state index is 12.9. The minimum absolute atomic E-state index is 0.0641. The van der Waals surface area contributed by atoms with Crippen LogP contribution in [0.1, 0.15) is 12.5 Å². The molecular formula is C16H13ClFNO3S. The molecule has 0 saturated heterocycles. The van der Waals surface area contributed by atoms with Crippen LogP contribution in [0.2, 0.25) is 5.02 Å². The Bertz CT molecular complexity index is 731. The highest BCUT2D eigenvalue weighted by Crippen LogP contribution is 2.22. The maximum atomic E-state index is 12.9. The summed E-state index contributed by atoms with van der Waals surface area (Å²) in [5.74, 6) is -1.70. The van der Waals surface area contributed by atoms with Crippen molar-refractivity contribution in [2.75, 3.05) is 5.32 Å². The molecule has 120 valence electrons. The number of rotatable bonds is 5. The summed E-state index contributed by atoms with van der Waals surface area (Å²) in [5, 5.41) is 6.29. The molecule has 0 bridgehead atoms. The molecule has 1 atom stereocenters. The lowest BCUT2D eigenvalue weighted by molar-refractivity contribution is -0.148. The number of esters is 1. The summed E-state index contributed by atoms with van der Waals surface area (Å²) in [6.45, 7) is 1.43. The minimum atomic E-state index is -1.02. The van der Waals surface area contributed by atoms with Gasteiger partial charge in [-0.3, -0.25) is 4.79 Å². The average Bonchev–Trinajstić information content (AvgIpc) is 3.01. The Kier molecular flexibility index (Phi) is 5.90. The number of anilines is 1. The molecule has 0 unspecified atom stereocenters. The zero-order valence-corrected chi connectivity index (χ0v) is 13.7. The SMILES string of the molecule is C[C@@H](OC(=O)/C=C/c1ccsc1)C(=O)Nc1ccc(F)cc1Cl. The minimum Gasteiger partial charge on any atom is -0.449 e. The second-order valence-corrected chi connectivity index (χ2v) is 5.77. The van der Waals surface area contributed by atoms with Crippen molar-refractivity contribution in [3.05, 3.63) is 57.5 Å². The van der Waals surface area contributed by atoms with Crippen molar-refractivity contribution >= 4 is 46.6 Å². The number of amides is 1. The van der Waals surface area contributed by atoms with Gasteiger partial charge in [0, 0.05) is 6.08 Å². The summed E-state index contributed by atoms with van der Waals surface area (Å²) in [4.78, 5) is 23.6. The Hall–Kier alpha value is -2.18. The zero-order valence-electron chi connectivity index (χ0n) is 12.1. The molecule has 2 aromatic rings. The number of ether oxygens (including phenoxy) is 1. The van der Waals surface area contributed by atoms with Crippen molar-refractivity contribution in [3.63, 3.8) is 0 Å². The second-order valence-electron chi connectivity index (χ2n) is 4.58. The summed E-state index contributed by atoms with van der Waals surface area (Å²) >= 11 is 7.33. The fourth-order valence-electron chi connectivity index (χ4n) is 1.63. The van der Waals surface area contributed by atoms with E-state index in [-0.39, 0.29) is 10.7 Å². The number of carbonyl (C=O) groups excluding carboxylic acids is 2. The van der Waals surface area contributed by atoms with Gasteiger partial charge in [0.1, 0.15) is 5.82 Å². The largest absolute Gasteiger partial charge is 0.449 e. The van der Waals surface area contributed by atoms with Gasteiger partial charge in [-0.25, -0.2) is 9.18 Å². The van der Waals surface area contributed by atoms with Crippen molar-refractivity contribution in [2.24, 2.45) is 0 Å². The molecule has 0 aliphatic carbocycles. The van der Waals surface area contributed by atoms with Crippen molar-refractivity contribution in [2.45, 2.75) is 13.0 Å². The average molecular weight is 354 g/mol. The molecule has 1 aromatic carbocycles. The Morgan fingerprint density at radius 2 is 2.17 bits per heavy atom. The molecule has 1 N–H and O–H groups in total. The van der Waals surface area contributed by atoms with E-state index in [0.29, 0.717) is 0 Å². The fraction of sp³-hybridized carbons (Fsp3) is 0.125. The van der Waals surface area contributed by atoms with Gasteiger partial charge in [-0.1, -0.05) is 11.6 Å². The summed E-state index contributed by atoms with van der Waals surface area (Å²) in [7, 11) is 0. The maximum Gasteiger partial charge on any atom is 0.331 e. The van der Waals surface area contributed by atoms with E-state index in [4.69, 9.17) is 16.3 Å². The van der Waals surface area contributed by atoms with E-state index in [1.807, 2.05) is 16.8 Å². The van der Waals surface area contributed by atoms with Gasteiger partial charge in [0.15, 0.2) is 6.10 Å². The van der Waals surface area contributed by atoms with Crippen molar-refractivity contribution < 1.29 is 18.7 Å². The first-order valence-electron chi connectivity index (χ1n) is 6.62. The summed E-state index contributed by atoms with van der Waals surface area (Å²) in [6.07, 6.45) is 1.83. The van der Waals surface area contributed by atoms with Gasteiger partial charge >= 0.3 is 5.97 Å². The van der Waals surface area contributed by atoms with Crippen molar-refractivity contribution in [3.8, 4) is 0 Å². The van der Waals surface area contributed by atoms with Crippen LogP contribution in [-0.4, -0.2) is 18.0 Å². The van der Waals surface area contributed by atoms with E-state index in [9.17, 15) is 14.0 Å². The smallest absolute Gasteiger partial charge is 0.331 e. The Balaban J connectivity index is 1.90. The van der Waals surface area contributed by atoms with E-state index in [2.05, 4.69) is 5.32 Å². The van der Waals surface area contributed by atoms with E-state index < -0.39 is 23.8 Å². The van der Waals surface area contributed by atoms with Crippen LogP contribution in [0, 0.1) is 5.82 Å². The number of carbonyl (C=O) groups is 2. The van der Waals surface area contributed by atoms with Gasteiger partial charge in [0.25, 0.3) is 5.91 Å². The third-order valence-electron chi connectivity index (χ3n) is 2.81. The van der Waals surface area contributed by atoms with Gasteiger partial charge in [0.2, 0.25) is 0 Å².